The molecule has 0 unspecified atom stereocenters. The molecule has 4 heteroatoms. The summed E-state index contributed by atoms with van der Waals surface area (Å²) < 4.78 is 5.13. The number of rotatable bonds is 3. The fourth-order valence-electron chi connectivity index (χ4n) is 1.79. The molecule has 0 aliphatic heterocycles. The number of nitrogen functional groups attached to an aromatic ring is 1. The third kappa shape index (κ3) is 2.37. The van der Waals surface area contributed by atoms with E-state index in [1.54, 1.807) is 12.1 Å². The van der Waals surface area contributed by atoms with Crippen LogP contribution in [0.15, 0.2) is 34.9 Å². The minimum absolute atomic E-state index is 0.263. The van der Waals surface area contributed by atoms with Gasteiger partial charge in [-0.15, -0.1) is 0 Å². The SMILES string of the molecule is CCc1ccc(NC(=O)c2occc2C)cc1N. The number of nitrogens with one attached hydrogen (secondary N) is 1. The predicted molar refractivity (Wildman–Crippen MR) is 71.6 cm³/mol. The van der Waals surface area contributed by atoms with Gasteiger partial charge in [-0.05, 0) is 37.1 Å². The minimum atomic E-state index is -0.263. The van der Waals surface area contributed by atoms with Crippen molar-refractivity contribution in [1.82, 2.24) is 0 Å². The lowest BCUT2D eigenvalue weighted by Crippen LogP contribution is -2.12. The summed E-state index contributed by atoms with van der Waals surface area (Å²) >= 11 is 0. The molecule has 1 amide bonds. The van der Waals surface area contributed by atoms with Gasteiger partial charge in [-0.2, -0.15) is 0 Å². The fraction of sp³-hybridized carbons (Fsp3) is 0.214. The summed E-state index contributed by atoms with van der Waals surface area (Å²) in [6, 6.07) is 7.27. The van der Waals surface area contributed by atoms with Crippen molar-refractivity contribution in [3.8, 4) is 0 Å². The molecule has 18 heavy (non-hydrogen) atoms. The van der Waals surface area contributed by atoms with Gasteiger partial charge >= 0.3 is 0 Å². The number of carbonyl (C=O) groups is 1. The Kier molecular flexibility index (Phi) is 3.37. The number of hydrogen-bond donors (Lipinski definition) is 2. The Hall–Kier alpha value is -2.23. The normalized spacial score (nSPS) is 10.3. The van der Waals surface area contributed by atoms with Crippen molar-refractivity contribution in [2.45, 2.75) is 20.3 Å². The van der Waals surface area contributed by atoms with E-state index >= 15 is 0 Å². The van der Waals surface area contributed by atoms with Gasteiger partial charge in [0.25, 0.3) is 5.91 Å². The number of nitrogens with two attached hydrogens (primary N) is 1. The molecule has 0 saturated heterocycles. The lowest BCUT2D eigenvalue weighted by Gasteiger charge is -2.07. The van der Waals surface area contributed by atoms with Crippen molar-refractivity contribution in [2.24, 2.45) is 0 Å². The lowest BCUT2D eigenvalue weighted by molar-refractivity contribution is 0.0996. The number of carbonyl (C=O) groups excluding carboxylic acids is 1. The van der Waals surface area contributed by atoms with Gasteiger partial charge in [0.2, 0.25) is 0 Å². The van der Waals surface area contributed by atoms with Gasteiger partial charge in [-0.3, -0.25) is 4.79 Å². The highest BCUT2D eigenvalue weighted by atomic mass is 16.3. The molecule has 3 N–H and O–H groups in total. The van der Waals surface area contributed by atoms with Gasteiger partial charge in [0.05, 0.1) is 6.26 Å². The fourth-order valence-corrected chi connectivity index (χ4v) is 1.79. The van der Waals surface area contributed by atoms with Gasteiger partial charge in [-0.25, -0.2) is 0 Å². The number of hydrogen-bond acceptors (Lipinski definition) is 3. The highest BCUT2D eigenvalue weighted by molar-refractivity contribution is 6.03. The van der Waals surface area contributed by atoms with Gasteiger partial charge < -0.3 is 15.5 Å². The first kappa shape index (κ1) is 12.2. The van der Waals surface area contributed by atoms with Gasteiger partial charge in [0, 0.05) is 16.9 Å². The van der Waals surface area contributed by atoms with Crippen LogP contribution in [0.3, 0.4) is 0 Å². The maximum absolute atomic E-state index is 11.9. The molecule has 0 radical (unpaired) electrons. The van der Waals surface area contributed by atoms with Crippen LogP contribution in [0.4, 0.5) is 11.4 Å². The molecule has 1 aromatic carbocycles. The number of benzene rings is 1. The Morgan fingerprint density at radius 1 is 1.39 bits per heavy atom. The Labute approximate surface area is 106 Å². The van der Waals surface area contributed by atoms with Crippen LogP contribution in [0.2, 0.25) is 0 Å². The second kappa shape index (κ2) is 4.96. The van der Waals surface area contributed by atoms with Crippen molar-refractivity contribution >= 4 is 17.3 Å². The van der Waals surface area contributed by atoms with E-state index in [1.165, 1.54) is 6.26 Å². The zero-order chi connectivity index (χ0) is 13.1. The third-order valence-corrected chi connectivity index (χ3v) is 2.85. The molecular weight excluding hydrogens is 228 g/mol. The van der Waals surface area contributed by atoms with E-state index < -0.39 is 0 Å². The van der Waals surface area contributed by atoms with Crippen LogP contribution >= 0.6 is 0 Å². The van der Waals surface area contributed by atoms with Crippen LogP contribution < -0.4 is 11.1 Å². The van der Waals surface area contributed by atoms with Crippen LogP contribution in [-0.2, 0) is 6.42 Å². The highest BCUT2D eigenvalue weighted by Crippen LogP contribution is 2.19. The summed E-state index contributed by atoms with van der Waals surface area (Å²) in [7, 11) is 0. The smallest absolute Gasteiger partial charge is 0.291 e. The van der Waals surface area contributed by atoms with Crippen LogP contribution in [0.25, 0.3) is 0 Å². The molecule has 2 rings (SSSR count). The van der Waals surface area contributed by atoms with Crippen molar-refractivity contribution in [2.75, 3.05) is 11.1 Å². The van der Waals surface area contributed by atoms with E-state index in [4.69, 9.17) is 10.2 Å². The number of aryl methyl sites for hydroxylation is 2. The van der Waals surface area contributed by atoms with E-state index in [0.717, 1.165) is 17.5 Å². The van der Waals surface area contributed by atoms with Gasteiger partial charge in [0.15, 0.2) is 5.76 Å². The molecule has 0 fully saturated rings. The van der Waals surface area contributed by atoms with Crippen LogP contribution in [0.5, 0.6) is 0 Å². The molecule has 0 atom stereocenters. The summed E-state index contributed by atoms with van der Waals surface area (Å²) in [6.07, 6.45) is 2.37. The van der Waals surface area contributed by atoms with Crippen molar-refractivity contribution < 1.29 is 9.21 Å². The highest BCUT2D eigenvalue weighted by Gasteiger charge is 2.12. The van der Waals surface area contributed by atoms with Crippen LogP contribution in [-0.4, -0.2) is 5.91 Å². The third-order valence-electron chi connectivity index (χ3n) is 2.85. The summed E-state index contributed by atoms with van der Waals surface area (Å²) in [5.74, 6) is 0.0642. The summed E-state index contributed by atoms with van der Waals surface area (Å²) in [5, 5.41) is 2.76. The van der Waals surface area contributed by atoms with Crippen molar-refractivity contribution in [3.05, 3.63) is 47.4 Å². The van der Waals surface area contributed by atoms with Crippen LogP contribution in [0, 0.1) is 6.92 Å². The molecule has 4 nitrogen and oxygen atoms in total. The average Bonchev–Trinajstić information content (AvgIpc) is 2.76. The van der Waals surface area contributed by atoms with E-state index in [2.05, 4.69) is 5.32 Å². The topological polar surface area (TPSA) is 68.3 Å². The number of anilines is 2. The molecule has 0 saturated carbocycles. The monoisotopic (exact) mass is 244 g/mol. The molecule has 0 aliphatic carbocycles. The minimum Gasteiger partial charge on any atom is -0.459 e. The molecule has 0 aliphatic rings. The second-order valence-corrected chi connectivity index (χ2v) is 4.15. The Morgan fingerprint density at radius 3 is 2.72 bits per heavy atom. The largest absolute Gasteiger partial charge is 0.459 e. The van der Waals surface area contributed by atoms with Crippen molar-refractivity contribution in [1.29, 1.82) is 0 Å². The molecule has 1 heterocycles. The summed E-state index contributed by atoms with van der Waals surface area (Å²) in [5.41, 5.74) is 9.12. The second-order valence-electron chi connectivity index (χ2n) is 4.15. The first-order valence-corrected chi connectivity index (χ1v) is 5.85. The van der Waals surface area contributed by atoms with E-state index in [1.807, 2.05) is 26.0 Å². The Balaban J connectivity index is 2.17. The zero-order valence-electron chi connectivity index (χ0n) is 10.5. The summed E-state index contributed by atoms with van der Waals surface area (Å²) in [4.78, 5) is 11.9. The predicted octanol–water partition coefficient (Wildman–Crippen LogP) is 2.98. The van der Waals surface area contributed by atoms with E-state index in [0.29, 0.717) is 17.1 Å². The molecule has 94 valence electrons. The lowest BCUT2D eigenvalue weighted by atomic mass is 10.1. The van der Waals surface area contributed by atoms with Gasteiger partial charge in [0.1, 0.15) is 0 Å². The van der Waals surface area contributed by atoms with Gasteiger partial charge in [-0.1, -0.05) is 13.0 Å². The van der Waals surface area contributed by atoms with Crippen LogP contribution in [0.1, 0.15) is 28.6 Å². The van der Waals surface area contributed by atoms with E-state index in [-0.39, 0.29) is 5.91 Å². The average molecular weight is 244 g/mol. The maximum atomic E-state index is 11.9. The first-order valence-electron chi connectivity index (χ1n) is 5.85. The summed E-state index contributed by atoms with van der Waals surface area (Å²) in [6.45, 7) is 3.86. The molecule has 0 bridgehead atoms. The number of amides is 1. The first-order chi connectivity index (χ1) is 8.61. The molecule has 2 aromatic rings. The quantitative estimate of drug-likeness (QED) is 0.815. The molecule has 0 spiro atoms. The maximum Gasteiger partial charge on any atom is 0.291 e. The molecular formula is C14H16N2O2. The Bertz CT molecular complexity index is 573. The standard InChI is InChI=1S/C14H16N2O2/c1-3-10-4-5-11(8-12(10)15)16-14(17)13-9(2)6-7-18-13/h4-8H,3,15H2,1-2H3,(H,16,17). The van der Waals surface area contributed by atoms with Crippen molar-refractivity contribution in [3.63, 3.8) is 0 Å². The zero-order valence-corrected chi connectivity index (χ0v) is 10.5. The Morgan fingerprint density at radius 2 is 2.17 bits per heavy atom. The van der Waals surface area contributed by atoms with E-state index in [9.17, 15) is 4.79 Å². The molecule has 1 aromatic heterocycles. The number of furan rings is 1.